The monoisotopic (exact) mass is 482 g/mol. The number of hydrogen-bond acceptors (Lipinski definition) is 5. The number of halogens is 3. The van der Waals surface area contributed by atoms with Gasteiger partial charge in [-0.15, -0.1) is 0 Å². The Morgan fingerprint density at radius 3 is 2.26 bits per heavy atom. The number of benzene rings is 3. The molecule has 0 radical (unpaired) electrons. The molecule has 4 aromatic rings. The summed E-state index contributed by atoms with van der Waals surface area (Å²) in [7, 11) is 1.26. The number of methoxy groups -OCH3 is 1. The summed E-state index contributed by atoms with van der Waals surface area (Å²) in [6.07, 6.45) is 0. The lowest BCUT2D eigenvalue weighted by atomic mass is 10.1. The zero-order valence-electron chi connectivity index (χ0n) is 18.6. The van der Waals surface area contributed by atoms with Crippen LogP contribution in [0.1, 0.15) is 17.2 Å². The number of nitrogens with two attached hydrogens (primary N) is 1. The highest BCUT2D eigenvalue weighted by atomic mass is 19.1. The van der Waals surface area contributed by atoms with Gasteiger partial charge < -0.3 is 10.5 Å². The molecule has 0 saturated heterocycles. The smallest absolute Gasteiger partial charge is 0.347 e. The van der Waals surface area contributed by atoms with Gasteiger partial charge in [0, 0.05) is 17.2 Å². The van der Waals surface area contributed by atoms with E-state index in [2.05, 4.69) is 5.10 Å². The average Bonchev–Trinajstić information content (AvgIpc) is 2.86. The van der Waals surface area contributed by atoms with Crippen molar-refractivity contribution in [2.45, 2.75) is 19.1 Å². The van der Waals surface area contributed by atoms with Gasteiger partial charge in [-0.1, -0.05) is 42.5 Å². The summed E-state index contributed by atoms with van der Waals surface area (Å²) in [5, 5.41) is 4.00. The van der Waals surface area contributed by atoms with Gasteiger partial charge in [-0.25, -0.2) is 22.6 Å². The van der Waals surface area contributed by atoms with Gasteiger partial charge in [0.1, 0.15) is 11.6 Å². The maximum Gasteiger partial charge on any atom is 0.347 e. The van der Waals surface area contributed by atoms with Crippen LogP contribution in [-0.4, -0.2) is 21.5 Å². The highest BCUT2D eigenvalue weighted by molar-refractivity contribution is 5.61. The molecular formula is C25H21F3N4O3. The summed E-state index contributed by atoms with van der Waals surface area (Å²) < 4.78 is 50.2. The molecule has 0 aliphatic heterocycles. The van der Waals surface area contributed by atoms with E-state index in [1.807, 2.05) is 0 Å². The fraction of sp³-hybridized carbons (Fsp3) is 0.160. The highest BCUT2D eigenvalue weighted by Gasteiger charge is 2.22. The summed E-state index contributed by atoms with van der Waals surface area (Å²) in [5.41, 5.74) is 3.93. The third kappa shape index (κ3) is 4.73. The molecule has 0 fully saturated rings. The van der Waals surface area contributed by atoms with E-state index in [9.17, 15) is 18.4 Å². The van der Waals surface area contributed by atoms with Gasteiger partial charge in [0.15, 0.2) is 17.3 Å². The Labute approximate surface area is 197 Å². The van der Waals surface area contributed by atoms with Gasteiger partial charge in [-0.3, -0.25) is 9.36 Å². The molecular weight excluding hydrogens is 461 g/mol. The average molecular weight is 482 g/mol. The number of rotatable bonds is 7. The molecule has 1 heterocycles. The predicted octanol–water partition coefficient (Wildman–Crippen LogP) is 3.25. The van der Waals surface area contributed by atoms with Gasteiger partial charge >= 0.3 is 5.69 Å². The minimum atomic E-state index is -0.948. The van der Waals surface area contributed by atoms with E-state index in [-0.39, 0.29) is 17.9 Å². The van der Waals surface area contributed by atoms with Crippen molar-refractivity contribution in [1.82, 2.24) is 14.3 Å². The topological polar surface area (TPSA) is 92.1 Å². The van der Waals surface area contributed by atoms with Crippen LogP contribution in [0, 0.1) is 17.5 Å². The maximum absolute atomic E-state index is 15.0. The fourth-order valence-corrected chi connectivity index (χ4v) is 3.68. The summed E-state index contributed by atoms with van der Waals surface area (Å²) in [6, 6.07) is 15.3. The van der Waals surface area contributed by atoms with Crippen LogP contribution in [0.5, 0.6) is 5.75 Å². The number of ether oxygens (including phenoxy) is 1. The highest BCUT2D eigenvalue weighted by Crippen LogP contribution is 2.26. The molecule has 1 aromatic heterocycles. The van der Waals surface area contributed by atoms with Crippen LogP contribution in [-0.2, 0) is 13.1 Å². The van der Waals surface area contributed by atoms with Gasteiger partial charge in [-0.05, 0) is 29.8 Å². The molecule has 0 aliphatic carbocycles. The molecule has 7 nitrogen and oxygen atoms in total. The van der Waals surface area contributed by atoms with Crippen LogP contribution in [0.2, 0.25) is 0 Å². The Balaban J connectivity index is 1.91. The van der Waals surface area contributed by atoms with Crippen molar-refractivity contribution in [3.63, 3.8) is 0 Å². The van der Waals surface area contributed by atoms with E-state index in [1.165, 1.54) is 31.4 Å². The second-order valence-corrected chi connectivity index (χ2v) is 7.74. The van der Waals surface area contributed by atoms with Crippen molar-refractivity contribution in [3.8, 4) is 17.0 Å². The van der Waals surface area contributed by atoms with Gasteiger partial charge in [0.05, 0.1) is 20.2 Å². The fourth-order valence-electron chi connectivity index (χ4n) is 3.68. The molecule has 1 unspecified atom stereocenters. The van der Waals surface area contributed by atoms with Gasteiger partial charge in [0.2, 0.25) is 0 Å². The molecule has 180 valence electrons. The molecule has 0 amide bonds. The van der Waals surface area contributed by atoms with Crippen LogP contribution < -0.4 is 21.7 Å². The lowest BCUT2D eigenvalue weighted by Gasteiger charge is -2.17. The zero-order chi connectivity index (χ0) is 25.1. The van der Waals surface area contributed by atoms with E-state index >= 15 is 4.39 Å². The van der Waals surface area contributed by atoms with Crippen molar-refractivity contribution in [2.24, 2.45) is 5.73 Å². The van der Waals surface area contributed by atoms with Crippen molar-refractivity contribution in [1.29, 1.82) is 0 Å². The molecule has 0 spiro atoms. The largest absolute Gasteiger partial charge is 0.494 e. The quantitative estimate of drug-likeness (QED) is 0.437. The summed E-state index contributed by atoms with van der Waals surface area (Å²) in [6.45, 7) is -0.903. The number of hydrogen-bond donors (Lipinski definition) is 1. The van der Waals surface area contributed by atoms with Crippen molar-refractivity contribution in [3.05, 3.63) is 116 Å². The summed E-state index contributed by atoms with van der Waals surface area (Å²) in [5.74, 6) is -2.81. The van der Waals surface area contributed by atoms with Crippen LogP contribution >= 0.6 is 0 Å². The maximum atomic E-state index is 15.0. The van der Waals surface area contributed by atoms with Crippen LogP contribution in [0.4, 0.5) is 13.2 Å². The van der Waals surface area contributed by atoms with E-state index in [0.717, 1.165) is 21.4 Å². The zero-order valence-corrected chi connectivity index (χ0v) is 18.6. The first-order chi connectivity index (χ1) is 16.8. The third-order valence-electron chi connectivity index (χ3n) is 5.54. The van der Waals surface area contributed by atoms with E-state index in [0.29, 0.717) is 5.56 Å². The van der Waals surface area contributed by atoms with Crippen LogP contribution in [0.15, 0.2) is 76.3 Å². The molecule has 2 N–H and O–H groups in total. The first-order valence-electron chi connectivity index (χ1n) is 10.6. The number of nitrogens with zero attached hydrogens (tertiary/aromatic N) is 3. The number of aromatic nitrogens is 3. The molecule has 1 atom stereocenters. The van der Waals surface area contributed by atoms with Crippen LogP contribution in [0.3, 0.4) is 0 Å². The van der Waals surface area contributed by atoms with E-state index in [1.54, 1.807) is 30.3 Å². The lowest BCUT2D eigenvalue weighted by Crippen LogP contribution is -2.44. The van der Waals surface area contributed by atoms with E-state index in [4.69, 9.17) is 10.5 Å². The standard InChI is InChI=1S/C25H21F3N4O3/c1-35-21-12-5-9-16(22(21)28)23-24(33)31(14-20(29)15-7-3-2-4-8-15)25(34)32(30-23)13-17-18(26)10-6-11-19(17)27/h2-12,20H,13-14,29H2,1H3. The third-order valence-corrected chi connectivity index (χ3v) is 5.54. The van der Waals surface area contributed by atoms with Gasteiger partial charge in [-0.2, -0.15) is 5.10 Å². The molecule has 0 saturated carbocycles. The normalized spacial score (nSPS) is 11.9. The Bertz CT molecular complexity index is 1470. The SMILES string of the molecule is COc1cccc(-c2nn(Cc3c(F)cccc3F)c(=O)n(CC(N)c3ccccc3)c2=O)c1F. The minimum absolute atomic E-state index is 0.144. The van der Waals surface area contributed by atoms with E-state index < -0.39 is 52.5 Å². The Kier molecular flexibility index (Phi) is 6.83. The van der Waals surface area contributed by atoms with Crippen molar-refractivity contribution in [2.75, 3.05) is 7.11 Å². The second kappa shape index (κ2) is 9.98. The summed E-state index contributed by atoms with van der Waals surface area (Å²) >= 11 is 0. The van der Waals surface area contributed by atoms with Crippen LogP contribution in [0.25, 0.3) is 11.3 Å². The van der Waals surface area contributed by atoms with Gasteiger partial charge in [0.25, 0.3) is 5.56 Å². The molecule has 4 rings (SSSR count). The summed E-state index contributed by atoms with van der Waals surface area (Å²) in [4.78, 5) is 26.5. The van der Waals surface area contributed by atoms with Crippen molar-refractivity contribution >= 4 is 0 Å². The molecule has 35 heavy (non-hydrogen) atoms. The molecule has 10 heteroatoms. The first kappa shape index (κ1) is 24.0. The Hall–Kier alpha value is -4.18. The van der Waals surface area contributed by atoms with Crippen molar-refractivity contribution < 1.29 is 17.9 Å². The Morgan fingerprint density at radius 2 is 1.60 bits per heavy atom. The molecule has 3 aromatic carbocycles. The predicted molar refractivity (Wildman–Crippen MR) is 124 cm³/mol. The Morgan fingerprint density at radius 1 is 0.943 bits per heavy atom. The molecule has 0 aliphatic rings. The molecule has 0 bridgehead atoms. The first-order valence-corrected chi connectivity index (χ1v) is 10.6. The second-order valence-electron chi connectivity index (χ2n) is 7.74. The lowest BCUT2D eigenvalue weighted by molar-refractivity contribution is 0.387. The minimum Gasteiger partial charge on any atom is -0.494 e.